The van der Waals surface area contributed by atoms with Gasteiger partial charge in [-0.3, -0.25) is 0 Å². The molecule has 5 heteroatoms. The summed E-state index contributed by atoms with van der Waals surface area (Å²) < 4.78 is 11.9. The Bertz CT molecular complexity index is 563. The van der Waals surface area contributed by atoms with Crippen molar-refractivity contribution in [3.8, 4) is 11.5 Å². The molecule has 2 rings (SSSR count). The minimum atomic E-state index is 0.420. The van der Waals surface area contributed by atoms with Gasteiger partial charge in [0.2, 0.25) is 0 Å². The maximum Gasteiger partial charge on any atom is 0.142 e. The number of nitrogen functional groups attached to an aromatic ring is 1. The molecule has 0 amide bonds. The van der Waals surface area contributed by atoms with E-state index < -0.39 is 0 Å². The van der Waals surface area contributed by atoms with E-state index in [0.717, 1.165) is 10.2 Å². The van der Waals surface area contributed by atoms with E-state index in [1.807, 2.05) is 24.3 Å². The van der Waals surface area contributed by atoms with Crippen molar-refractivity contribution in [3.63, 3.8) is 0 Å². The molecule has 0 fully saturated rings. The third-order valence-electron chi connectivity index (χ3n) is 2.41. The van der Waals surface area contributed by atoms with Crippen molar-refractivity contribution in [2.45, 2.75) is 0 Å². The van der Waals surface area contributed by atoms with Crippen LogP contribution in [0.4, 0.5) is 5.69 Å². The van der Waals surface area contributed by atoms with Crippen LogP contribution in [-0.4, -0.2) is 13.2 Å². The quantitative estimate of drug-likeness (QED) is 0.656. The zero-order valence-corrected chi connectivity index (χ0v) is 12.4. The SMILES string of the molecule is Nc1ccccc1OCCOc1ccc(Cl)cc1Br. The number of ether oxygens (including phenoxy) is 2. The monoisotopic (exact) mass is 341 g/mol. The van der Waals surface area contributed by atoms with E-state index >= 15 is 0 Å². The molecule has 0 aliphatic carbocycles. The lowest BCUT2D eigenvalue weighted by Crippen LogP contribution is -2.10. The summed E-state index contributed by atoms with van der Waals surface area (Å²) in [5.74, 6) is 1.40. The van der Waals surface area contributed by atoms with Crippen LogP contribution in [0.5, 0.6) is 11.5 Å². The van der Waals surface area contributed by atoms with Gasteiger partial charge in [-0.05, 0) is 46.3 Å². The largest absolute Gasteiger partial charge is 0.489 e. The number of halogens is 2. The third-order valence-corrected chi connectivity index (χ3v) is 3.27. The smallest absolute Gasteiger partial charge is 0.142 e. The van der Waals surface area contributed by atoms with Crippen LogP contribution in [0.25, 0.3) is 0 Å². The zero-order chi connectivity index (χ0) is 13.7. The van der Waals surface area contributed by atoms with Crippen LogP contribution in [0.15, 0.2) is 46.9 Å². The van der Waals surface area contributed by atoms with Gasteiger partial charge in [0.25, 0.3) is 0 Å². The second-order valence-electron chi connectivity index (χ2n) is 3.81. The van der Waals surface area contributed by atoms with Crippen LogP contribution in [0.2, 0.25) is 5.02 Å². The average molecular weight is 343 g/mol. The predicted molar refractivity (Wildman–Crippen MR) is 81.0 cm³/mol. The van der Waals surface area contributed by atoms with Crippen molar-refractivity contribution in [2.24, 2.45) is 0 Å². The number of nitrogens with two attached hydrogens (primary N) is 1. The number of hydrogen-bond donors (Lipinski definition) is 1. The topological polar surface area (TPSA) is 44.5 Å². The summed E-state index contributed by atoms with van der Waals surface area (Å²) in [4.78, 5) is 0. The van der Waals surface area contributed by atoms with Crippen LogP contribution >= 0.6 is 27.5 Å². The standard InChI is InChI=1S/C14H13BrClNO2/c15-11-9-10(16)5-6-13(11)18-7-8-19-14-4-2-1-3-12(14)17/h1-6,9H,7-8,17H2. The lowest BCUT2D eigenvalue weighted by Gasteiger charge is -2.11. The zero-order valence-electron chi connectivity index (χ0n) is 10.1. The highest BCUT2D eigenvalue weighted by atomic mass is 79.9. The van der Waals surface area contributed by atoms with Crippen molar-refractivity contribution in [1.82, 2.24) is 0 Å². The number of benzene rings is 2. The maximum atomic E-state index is 5.85. The molecule has 19 heavy (non-hydrogen) atoms. The van der Waals surface area contributed by atoms with E-state index in [1.54, 1.807) is 18.2 Å². The van der Waals surface area contributed by atoms with Gasteiger partial charge in [0.1, 0.15) is 24.7 Å². The molecule has 3 nitrogen and oxygen atoms in total. The maximum absolute atomic E-state index is 5.85. The Kier molecular flexibility index (Phi) is 4.93. The van der Waals surface area contributed by atoms with Gasteiger partial charge in [0.15, 0.2) is 0 Å². The molecule has 0 radical (unpaired) electrons. The van der Waals surface area contributed by atoms with Crippen LogP contribution in [0, 0.1) is 0 Å². The molecule has 2 aromatic rings. The minimum absolute atomic E-state index is 0.420. The van der Waals surface area contributed by atoms with Gasteiger partial charge in [-0.15, -0.1) is 0 Å². The fraction of sp³-hybridized carbons (Fsp3) is 0.143. The van der Waals surface area contributed by atoms with E-state index in [0.29, 0.717) is 29.7 Å². The normalized spacial score (nSPS) is 10.2. The summed E-state index contributed by atoms with van der Waals surface area (Å²) in [6.07, 6.45) is 0. The molecule has 2 aromatic carbocycles. The summed E-state index contributed by atoms with van der Waals surface area (Å²) in [7, 11) is 0. The van der Waals surface area contributed by atoms with Crippen LogP contribution in [0.1, 0.15) is 0 Å². The van der Waals surface area contributed by atoms with E-state index in [-0.39, 0.29) is 0 Å². The molecule has 0 heterocycles. The van der Waals surface area contributed by atoms with Gasteiger partial charge in [0.05, 0.1) is 10.2 Å². The molecule has 0 saturated carbocycles. The fourth-order valence-electron chi connectivity index (χ4n) is 1.51. The number of rotatable bonds is 5. The first-order valence-corrected chi connectivity index (χ1v) is 6.89. The Morgan fingerprint density at radius 1 is 1.00 bits per heavy atom. The number of anilines is 1. The Labute approximate surface area is 125 Å². The second kappa shape index (κ2) is 6.68. The molecule has 0 unspecified atom stereocenters. The number of hydrogen-bond acceptors (Lipinski definition) is 3. The average Bonchev–Trinajstić information content (AvgIpc) is 2.38. The second-order valence-corrected chi connectivity index (χ2v) is 5.10. The Morgan fingerprint density at radius 2 is 1.68 bits per heavy atom. The highest BCUT2D eigenvalue weighted by Crippen LogP contribution is 2.28. The molecular formula is C14H13BrClNO2. The molecule has 0 saturated heterocycles. The summed E-state index contributed by atoms with van der Waals surface area (Å²) >= 11 is 9.24. The Balaban J connectivity index is 1.83. The van der Waals surface area contributed by atoms with Crippen LogP contribution in [0.3, 0.4) is 0 Å². The number of para-hydroxylation sites is 2. The van der Waals surface area contributed by atoms with Gasteiger partial charge >= 0.3 is 0 Å². The summed E-state index contributed by atoms with van der Waals surface area (Å²) in [6, 6.07) is 12.7. The summed E-state index contributed by atoms with van der Waals surface area (Å²) in [5, 5.41) is 0.660. The van der Waals surface area contributed by atoms with Crippen LogP contribution < -0.4 is 15.2 Å². The third kappa shape index (κ3) is 4.04. The van der Waals surface area contributed by atoms with E-state index in [9.17, 15) is 0 Å². The van der Waals surface area contributed by atoms with E-state index in [1.165, 1.54) is 0 Å². The van der Waals surface area contributed by atoms with Gasteiger partial charge in [-0.2, -0.15) is 0 Å². The molecule has 0 bridgehead atoms. The first kappa shape index (κ1) is 14.0. The lowest BCUT2D eigenvalue weighted by molar-refractivity contribution is 0.217. The predicted octanol–water partition coefficient (Wildman–Crippen LogP) is 4.14. The van der Waals surface area contributed by atoms with Crippen molar-refractivity contribution in [2.75, 3.05) is 18.9 Å². The fourth-order valence-corrected chi connectivity index (χ4v) is 2.30. The van der Waals surface area contributed by atoms with E-state index in [2.05, 4.69) is 15.9 Å². The molecule has 0 spiro atoms. The van der Waals surface area contributed by atoms with Gasteiger partial charge in [0, 0.05) is 5.02 Å². The first-order chi connectivity index (χ1) is 9.16. The highest BCUT2D eigenvalue weighted by molar-refractivity contribution is 9.10. The van der Waals surface area contributed by atoms with Gasteiger partial charge in [-0.1, -0.05) is 23.7 Å². The first-order valence-electron chi connectivity index (χ1n) is 5.72. The lowest BCUT2D eigenvalue weighted by atomic mass is 10.3. The summed E-state index contributed by atoms with van der Waals surface area (Å²) in [5.41, 5.74) is 6.39. The Hall–Kier alpha value is -1.39. The van der Waals surface area contributed by atoms with Crippen molar-refractivity contribution in [3.05, 3.63) is 52.0 Å². The molecular weight excluding hydrogens is 330 g/mol. The summed E-state index contributed by atoms with van der Waals surface area (Å²) in [6.45, 7) is 0.845. The molecule has 2 N–H and O–H groups in total. The van der Waals surface area contributed by atoms with Crippen molar-refractivity contribution >= 4 is 33.2 Å². The Morgan fingerprint density at radius 3 is 2.37 bits per heavy atom. The van der Waals surface area contributed by atoms with Gasteiger partial charge in [-0.25, -0.2) is 0 Å². The van der Waals surface area contributed by atoms with Crippen molar-refractivity contribution in [1.29, 1.82) is 0 Å². The molecule has 0 aliphatic heterocycles. The highest BCUT2D eigenvalue weighted by Gasteiger charge is 2.02. The molecule has 0 aliphatic rings. The minimum Gasteiger partial charge on any atom is -0.489 e. The van der Waals surface area contributed by atoms with Crippen LogP contribution in [-0.2, 0) is 0 Å². The molecule has 0 atom stereocenters. The van der Waals surface area contributed by atoms with Gasteiger partial charge < -0.3 is 15.2 Å². The molecule has 0 aromatic heterocycles. The van der Waals surface area contributed by atoms with E-state index in [4.69, 9.17) is 26.8 Å². The van der Waals surface area contributed by atoms with Crippen molar-refractivity contribution < 1.29 is 9.47 Å². The molecule has 100 valence electrons.